The Bertz CT molecular complexity index is 454. The quantitative estimate of drug-likeness (QED) is 0.911. The largest absolute Gasteiger partial charge is 0.312 e. The zero-order chi connectivity index (χ0) is 13.0. The maximum atomic E-state index is 9.00. The van der Waals surface area contributed by atoms with Crippen LogP contribution in [0.15, 0.2) is 18.2 Å². The van der Waals surface area contributed by atoms with E-state index in [1.54, 1.807) is 6.07 Å². The van der Waals surface area contributed by atoms with Crippen LogP contribution in [0.25, 0.3) is 0 Å². The van der Waals surface area contributed by atoms with Crippen LogP contribution in [0.5, 0.6) is 0 Å². The highest BCUT2D eigenvalue weighted by Gasteiger charge is 2.26. The van der Waals surface area contributed by atoms with E-state index in [0.29, 0.717) is 16.1 Å². The number of hydrogen-bond acceptors (Lipinski definition) is 2. The Hall–Kier alpha value is -0.750. The third-order valence-electron chi connectivity index (χ3n) is 3.50. The normalized spacial score (nSPS) is 22.9. The first kappa shape index (κ1) is 13.7. The molecule has 0 aliphatic heterocycles. The minimum Gasteiger partial charge on any atom is -0.312 e. The highest BCUT2D eigenvalue weighted by molar-refractivity contribution is 6.35. The number of halogens is 2. The summed E-state index contributed by atoms with van der Waals surface area (Å²) in [5.41, 5.74) is 1.10. The summed E-state index contributed by atoms with van der Waals surface area (Å²) >= 11 is 12.0. The maximum Gasteiger partial charge on any atom is 0.0672 e. The summed E-state index contributed by atoms with van der Waals surface area (Å²) in [5, 5.41) is 13.8. The van der Waals surface area contributed by atoms with Crippen LogP contribution in [0.1, 0.15) is 24.8 Å². The number of hydrogen-bond donors (Lipinski definition) is 1. The predicted octanol–water partition coefficient (Wildman–Crippen LogP) is 3.82. The molecule has 0 amide bonds. The molecule has 0 heterocycles. The van der Waals surface area contributed by atoms with Crippen molar-refractivity contribution in [3.63, 3.8) is 0 Å². The monoisotopic (exact) mass is 282 g/mol. The Labute approximate surface area is 118 Å². The molecular formula is C14H16Cl2N2. The summed E-state index contributed by atoms with van der Waals surface area (Å²) in [6, 6.07) is 8.31. The van der Waals surface area contributed by atoms with Gasteiger partial charge in [0.1, 0.15) is 0 Å². The van der Waals surface area contributed by atoms with Gasteiger partial charge in [0.25, 0.3) is 0 Å². The molecule has 0 spiro atoms. The van der Waals surface area contributed by atoms with E-state index in [4.69, 9.17) is 28.5 Å². The van der Waals surface area contributed by atoms with Crippen molar-refractivity contribution >= 4 is 23.2 Å². The van der Waals surface area contributed by atoms with Crippen molar-refractivity contribution in [1.29, 1.82) is 5.26 Å². The van der Waals surface area contributed by atoms with Crippen molar-refractivity contribution < 1.29 is 0 Å². The van der Waals surface area contributed by atoms with Gasteiger partial charge in [-0.25, -0.2) is 0 Å². The summed E-state index contributed by atoms with van der Waals surface area (Å²) in [4.78, 5) is 0. The lowest BCUT2D eigenvalue weighted by Crippen LogP contribution is -2.33. The summed E-state index contributed by atoms with van der Waals surface area (Å²) in [7, 11) is 0. The van der Waals surface area contributed by atoms with E-state index < -0.39 is 0 Å². The Morgan fingerprint density at radius 3 is 2.89 bits per heavy atom. The van der Waals surface area contributed by atoms with Crippen LogP contribution in [-0.2, 0) is 6.42 Å². The number of nitrogens with zero attached hydrogens (tertiary/aromatic N) is 1. The molecule has 0 aromatic heterocycles. The Balaban J connectivity index is 1.83. The average Bonchev–Trinajstić information content (AvgIpc) is 2.79. The molecular weight excluding hydrogens is 267 g/mol. The molecule has 2 nitrogen and oxygen atoms in total. The van der Waals surface area contributed by atoms with Crippen LogP contribution < -0.4 is 5.32 Å². The second kappa shape index (κ2) is 6.43. The first-order chi connectivity index (χ1) is 8.70. The van der Waals surface area contributed by atoms with Crippen LogP contribution in [-0.4, -0.2) is 12.6 Å². The summed E-state index contributed by atoms with van der Waals surface area (Å²) < 4.78 is 0. The van der Waals surface area contributed by atoms with Gasteiger partial charge in [-0.05, 0) is 43.5 Å². The smallest absolute Gasteiger partial charge is 0.0672 e. The van der Waals surface area contributed by atoms with Gasteiger partial charge in [-0.2, -0.15) is 5.26 Å². The topological polar surface area (TPSA) is 35.8 Å². The van der Waals surface area contributed by atoms with Gasteiger partial charge >= 0.3 is 0 Å². The van der Waals surface area contributed by atoms with Gasteiger partial charge in [0.15, 0.2) is 0 Å². The SMILES string of the molecule is N#CC1CCCC1NCCc1ccc(Cl)cc1Cl. The zero-order valence-corrected chi connectivity index (χ0v) is 11.6. The molecule has 1 saturated carbocycles. The van der Waals surface area contributed by atoms with Crippen molar-refractivity contribution in [3.05, 3.63) is 33.8 Å². The Morgan fingerprint density at radius 2 is 2.17 bits per heavy atom. The van der Waals surface area contributed by atoms with Gasteiger partial charge in [0.05, 0.1) is 12.0 Å². The van der Waals surface area contributed by atoms with Gasteiger partial charge in [-0.15, -0.1) is 0 Å². The Kier molecular flexibility index (Phi) is 4.88. The number of nitriles is 1. The van der Waals surface area contributed by atoms with Crippen molar-refractivity contribution in [3.8, 4) is 6.07 Å². The van der Waals surface area contributed by atoms with Crippen molar-refractivity contribution in [1.82, 2.24) is 5.32 Å². The van der Waals surface area contributed by atoms with E-state index in [1.165, 1.54) is 0 Å². The minimum absolute atomic E-state index is 0.172. The standard InChI is InChI=1S/C14H16Cl2N2/c15-12-5-4-10(13(16)8-12)6-7-18-14-3-1-2-11(14)9-17/h4-5,8,11,14,18H,1-3,6-7H2. The molecule has 1 aromatic carbocycles. The third-order valence-corrected chi connectivity index (χ3v) is 4.08. The second-order valence-corrected chi connectivity index (χ2v) is 5.56. The molecule has 2 atom stereocenters. The highest BCUT2D eigenvalue weighted by Crippen LogP contribution is 2.25. The van der Waals surface area contributed by atoms with Crippen molar-refractivity contribution in [2.45, 2.75) is 31.7 Å². The minimum atomic E-state index is 0.172. The van der Waals surface area contributed by atoms with Crippen molar-refractivity contribution in [2.24, 2.45) is 5.92 Å². The van der Waals surface area contributed by atoms with Gasteiger partial charge in [-0.3, -0.25) is 0 Å². The lowest BCUT2D eigenvalue weighted by molar-refractivity contribution is 0.468. The molecule has 0 saturated heterocycles. The van der Waals surface area contributed by atoms with Crippen LogP contribution in [0, 0.1) is 17.2 Å². The molecule has 1 N–H and O–H groups in total. The van der Waals surface area contributed by atoms with Crippen LogP contribution in [0.2, 0.25) is 10.0 Å². The molecule has 2 rings (SSSR count). The lowest BCUT2D eigenvalue weighted by atomic mass is 10.1. The fraction of sp³-hybridized carbons (Fsp3) is 0.500. The van der Waals surface area contributed by atoms with E-state index in [1.807, 2.05) is 12.1 Å². The first-order valence-corrected chi connectivity index (χ1v) is 7.03. The molecule has 96 valence electrons. The molecule has 0 bridgehead atoms. The summed E-state index contributed by atoms with van der Waals surface area (Å²) in [5.74, 6) is 0.172. The fourth-order valence-corrected chi connectivity index (χ4v) is 2.98. The van der Waals surface area contributed by atoms with E-state index in [-0.39, 0.29) is 5.92 Å². The number of rotatable bonds is 4. The van der Waals surface area contributed by atoms with E-state index in [0.717, 1.165) is 37.8 Å². The molecule has 1 fully saturated rings. The molecule has 0 radical (unpaired) electrons. The maximum absolute atomic E-state index is 9.00. The van der Waals surface area contributed by atoms with Gasteiger partial charge in [0, 0.05) is 16.1 Å². The molecule has 4 heteroatoms. The van der Waals surface area contributed by atoms with Gasteiger partial charge in [0.2, 0.25) is 0 Å². The van der Waals surface area contributed by atoms with E-state index >= 15 is 0 Å². The third kappa shape index (κ3) is 3.38. The fourth-order valence-electron chi connectivity index (χ4n) is 2.48. The number of nitrogens with one attached hydrogen (secondary N) is 1. The zero-order valence-electron chi connectivity index (χ0n) is 10.1. The summed E-state index contributed by atoms with van der Waals surface area (Å²) in [6.45, 7) is 0.851. The Morgan fingerprint density at radius 1 is 1.33 bits per heavy atom. The lowest BCUT2D eigenvalue weighted by Gasteiger charge is -2.15. The van der Waals surface area contributed by atoms with E-state index in [2.05, 4.69) is 11.4 Å². The predicted molar refractivity (Wildman–Crippen MR) is 74.9 cm³/mol. The molecule has 18 heavy (non-hydrogen) atoms. The second-order valence-electron chi connectivity index (χ2n) is 4.71. The molecule has 2 unspecified atom stereocenters. The van der Waals surface area contributed by atoms with E-state index in [9.17, 15) is 0 Å². The molecule has 1 aromatic rings. The molecule has 1 aliphatic carbocycles. The first-order valence-electron chi connectivity index (χ1n) is 6.27. The highest BCUT2D eigenvalue weighted by atomic mass is 35.5. The van der Waals surface area contributed by atoms with Crippen LogP contribution in [0.4, 0.5) is 0 Å². The molecule has 1 aliphatic rings. The van der Waals surface area contributed by atoms with Crippen LogP contribution >= 0.6 is 23.2 Å². The average molecular weight is 283 g/mol. The van der Waals surface area contributed by atoms with Crippen molar-refractivity contribution in [2.75, 3.05) is 6.54 Å². The van der Waals surface area contributed by atoms with Gasteiger partial charge < -0.3 is 5.32 Å². The summed E-state index contributed by atoms with van der Waals surface area (Å²) in [6.07, 6.45) is 4.14. The van der Waals surface area contributed by atoms with Crippen LogP contribution in [0.3, 0.4) is 0 Å². The van der Waals surface area contributed by atoms with Gasteiger partial charge in [-0.1, -0.05) is 35.7 Å². The number of benzene rings is 1.